The molecule has 2 atom stereocenters. The Morgan fingerprint density at radius 2 is 1.91 bits per heavy atom. The van der Waals surface area contributed by atoms with E-state index in [1.54, 1.807) is 16.9 Å². The van der Waals surface area contributed by atoms with Crippen LogP contribution < -0.4 is 4.90 Å². The maximum Gasteiger partial charge on any atom is 0.186 e. The van der Waals surface area contributed by atoms with E-state index in [0.717, 1.165) is 18.6 Å². The Hall–Kier alpha value is -4.18. The quantitative estimate of drug-likeness (QED) is 0.397. The average molecular weight is 473 g/mol. The van der Waals surface area contributed by atoms with Crippen molar-refractivity contribution in [3.63, 3.8) is 0 Å². The molecule has 3 aromatic heterocycles. The zero-order valence-corrected chi connectivity index (χ0v) is 18.5. The molecule has 0 spiro atoms. The lowest BCUT2D eigenvalue weighted by Crippen LogP contribution is -2.24. The molecule has 0 unspecified atom stereocenters. The number of nitrogens with zero attached hydrogens (tertiary/aromatic N) is 6. The molecule has 1 aliphatic heterocycles. The third-order valence-electron chi connectivity index (χ3n) is 6.34. The Bertz CT molecular complexity index is 1500. The second kappa shape index (κ2) is 8.55. The zero-order valence-electron chi connectivity index (χ0n) is 18.5. The first-order valence-electron chi connectivity index (χ1n) is 11.3. The molecular formula is C25H21F2N7O. The Labute approximate surface area is 198 Å². The van der Waals surface area contributed by atoms with Crippen LogP contribution in [0.15, 0.2) is 67.0 Å². The van der Waals surface area contributed by atoms with Crippen molar-refractivity contribution < 1.29 is 13.9 Å². The Morgan fingerprint density at radius 3 is 2.77 bits per heavy atom. The SMILES string of the molecule is O[C@H](c1ccccc1)c1nc(-c2cnn3ccc(N4CCC[C@@H]4c4cc(F)ccc4F)nc23)n[nH]1. The molecule has 6 rings (SSSR count). The summed E-state index contributed by atoms with van der Waals surface area (Å²) >= 11 is 0. The van der Waals surface area contributed by atoms with Crippen molar-refractivity contribution in [3.8, 4) is 11.4 Å². The highest BCUT2D eigenvalue weighted by Crippen LogP contribution is 2.37. The number of H-pyrrole nitrogens is 1. The maximum absolute atomic E-state index is 14.5. The predicted molar refractivity (Wildman–Crippen MR) is 125 cm³/mol. The van der Waals surface area contributed by atoms with Crippen LogP contribution in [0.4, 0.5) is 14.6 Å². The van der Waals surface area contributed by atoms with Crippen LogP contribution in [0.1, 0.15) is 41.9 Å². The van der Waals surface area contributed by atoms with Gasteiger partial charge in [-0.05, 0) is 42.7 Å². The largest absolute Gasteiger partial charge is 0.380 e. The summed E-state index contributed by atoms with van der Waals surface area (Å²) in [4.78, 5) is 11.2. The average Bonchev–Trinajstić information content (AvgIpc) is 3.64. The molecule has 176 valence electrons. The third kappa shape index (κ3) is 3.81. The molecule has 2 N–H and O–H groups in total. The molecule has 0 radical (unpaired) electrons. The minimum atomic E-state index is -0.950. The smallest absolute Gasteiger partial charge is 0.186 e. The van der Waals surface area contributed by atoms with Gasteiger partial charge in [0.15, 0.2) is 17.3 Å². The highest BCUT2D eigenvalue weighted by atomic mass is 19.1. The highest BCUT2D eigenvalue weighted by molar-refractivity contribution is 5.73. The Balaban J connectivity index is 1.35. The minimum absolute atomic E-state index is 0.308. The van der Waals surface area contributed by atoms with Crippen molar-refractivity contribution >= 4 is 11.5 Å². The fourth-order valence-corrected chi connectivity index (χ4v) is 4.62. The van der Waals surface area contributed by atoms with Gasteiger partial charge < -0.3 is 10.0 Å². The molecule has 2 aromatic carbocycles. The van der Waals surface area contributed by atoms with Gasteiger partial charge in [0.05, 0.1) is 17.8 Å². The molecule has 1 saturated heterocycles. The monoisotopic (exact) mass is 473 g/mol. The summed E-state index contributed by atoms with van der Waals surface area (Å²) in [6, 6.07) is 14.2. The Kier molecular flexibility index (Phi) is 5.22. The van der Waals surface area contributed by atoms with Crippen molar-refractivity contribution in [2.75, 3.05) is 11.4 Å². The molecule has 10 heteroatoms. The fourth-order valence-electron chi connectivity index (χ4n) is 4.62. The van der Waals surface area contributed by atoms with Crippen LogP contribution in [0.5, 0.6) is 0 Å². The van der Waals surface area contributed by atoms with Crippen molar-refractivity contribution in [3.05, 3.63) is 95.6 Å². The van der Waals surface area contributed by atoms with Gasteiger partial charge in [-0.15, -0.1) is 0 Å². The molecule has 0 bridgehead atoms. The van der Waals surface area contributed by atoms with Crippen molar-refractivity contribution in [2.24, 2.45) is 0 Å². The van der Waals surface area contributed by atoms with Gasteiger partial charge in [-0.3, -0.25) is 5.10 Å². The number of hydrogen-bond acceptors (Lipinski definition) is 6. The number of fused-ring (bicyclic) bond motifs is 1. The van der Waals surface area contributed by atoms with Gasteiger partial charge in [-0.25, -0.2) is 23.3 Å². The molecule has 5 aromatic rings. The maximum atomic E-state index is 14.5. The van der Waals surface area contributed by atoms with Crippen LogP contribution in [0.25, 0.3) is 17.0 Å². The van der Waals surface area contributed by atoms with Gasteiger partial charge in [0, 0.05) is 18.3 Å². The fraction of sp³-hybridized carbons (Fsp3) is 0.200. The van der Waals surface area contributed by atoms with E-state index < -0.39 is 17.7 Å². The summed E-state index contributed by atoms with van der Waals surface area (Å²) in [5.74, 6) is 0.393. The summed E-state index contributed by atoms with van der Waals surface area (Å²) in [6.45, 7) is 0.668. The number of aliphatic hydroxyl groups is 1. The molecule has 1 fully saturated rings. The van der Waals surface area contributed by atoms with E-state index in [1.807, 2.05) is 41.3 Å². The lowest BCUT2D eigenvalue weighted by molar-refractivity contribution is 0.210. The van der Waals surface area contributed by atoms with Crippen LogP contribution >= 0.6 is 0 Å². The molecular weight excluding hydrogens is 452 g/mol. The summed E-state index contributed by atoms with van der Waals surface area (Å²) in [7, 11) is 0. The van der Waals surface area contributed by atoms with Crippen LogP contribution in [0, 0.1) is 11.6 Å². The van der Waals surface area contributed by atoms with Gasteiger partial charge in [-0.2, -0.15) is 10.2 Å². The first-order chi connectivity index (χ1) is 17.1. The molecule has 0 aliphatic carbocycles. The molecule has 0 saturated carbocycles. The number of rotatable bonds is 5. The molecule has 4 heterocycles. The first kappa shape index (κ1) is 21.4. The summed E-state index contributed by atoms with van der Waals surface area (Å²) < 4.78 is 30.0. The number of aromatic amines is 1. The van der Waals surface area contributed by atoms with Crippen molar-refractivity contribution in [2.45, 2.75) is 25.0 Å². The van der Waals surface area contributed by atoms with Crippen LogP contribution in [-0.4, -0.2) is 41.4 Å². The standard InChI is InChI=1S/C25H21F2N7O/c26-16-8-9-19(27)17(13-16)20-7-4-11-33(20)21-10-12-34-25(29-21)18(14-28-34)23-30-24(32-31-23)22(35)15-5-2-1-3-6-15/h1-3,5-6,8-10,12-14,20,22,35H,4,7,11H2,(H,30,31,32)/t20-,22-/m1/s1. The van der Waals surface area contributed by atoms with Crippen LogP contribution in [-0.2, 0) is 0 Å². The van der Waals surface area contributed by atoms with E-state index in [9.17, 15) is 13.9 Å². The first-order valence-corrected chi connectivity index (χ1v) is 11.3. The lowest BCUT2D eigenvalue weighted by Gasteiger charge is -2.26. The molecule has 0 amide bonds. The van der Waals surface area contributed by atoms with Gasteiger partial charge >= 0.3 is 0 Å². The number of nitrogens with one attached hydrogen (secondary N) is 1. The summed E-state index contributed by atoms with van der Waals surface area (Å²) in [5.41, 5.74) is 2.13. The number of aromatic nitrogens is 6. The number of halogens is 2. The molecule has 35 heavy (non-hydrogen) atoms. The second-order valence-corrected chi connectivity index (χ2v) is 8.49. The van der Waals surface area contributed by atoms with Crippen LogP contribution in [0.2, 0.25) is 0 Å². The van der Waals surface area contributed by atoms with E-state index in [0.29, 0.717) is 52.8 Å². The summed E-state index contributed by atoms with van der Waals surface area (Å²) in [6.07, 6.45) is 3.96. The number of benzene rings is 2. The normalized spacial score (nSPS) is 16.8. The van der Waals surface area contributed by atoms with Crippen molar-refractivity contribution in [1.29, 1.82) is 0 Å². The minimum Gasteiger partial charge on any atom is -0.380 e. The van der Waals surface area contributed by atoms with Gasteiger partial charge in [0.25, 0.3) is 0 Å². The highest BCUT2D eigenvalue weighted by Gasteiger charge is 2.30. The topological polar surface area (TPSA) is 95.2 Å². The number of anilines is 1. The lowest BCUT2D eigenvalue weighted by atomic mass is 10.0. The molecule has 8 nitrogen and oxygen atoms in total. The predicted octanol–water partition coefficient (Wildman–Crippen LogP) is 4.22. The van der Waals surface area contributed by atoms with E-state index in [-0.39, 0.29) is 6.04 Å². The third-order valence-corrected chi connectivity index (χ3v) is 6.34. The number of hydrogen-bond donors (Lipinski definition) is 2. The van der Waals surface area contributed by atoms with E-state index in [1.165, 1.54) is 6.07 Å². The van der Waals surface area contributed by atoms with E-state index >= 15 is 0 Å². The van der Waals surface area contributed by atoms with Crippen LogP contribution in [0.3, 0.4) is 0 Å². The van der Waals surface area contributed by atoms with Gasteiger partial charge in [0.1, 0.15) is 23.6 Å². The Morgan fingerprint density at radius 1 is 1.06 bits per heavy atom. The van der Waals surface area contributed by atoms with Gasteiger partial charge in [-0.1, -0.05) is 30.3 Å². The van der Waals surface area contributed by atoms with E-state index in [4.69, 9.17) is 4.98 Å². The summed E-state index contributed by atoms with van der Waals surface area (Å²) in [5, 5.41) is 22.1. The number of aliphatic hydroxyl groups excluding tert-OH is 1. The van der Waals surface area contributed by atoms with Crippen molar-refractivity contribution in [1.82, 2.24) is 29.8 Å². The molecule has 1 aliphatic rings. The van der Waals surface area contributed by atoms with Gasteiger partial charge in [0.2, 0.25) is 0 Å². The van der Waals surface area contributed by atoms with E-state index in [2.05, 4.69) is 20.3 Å². The zero-order chi connectivity index (χ0) is 23.9. The second-order valence-electron chi connectivity index (χ2n) is 8.49.